The summed E-state index contributed by atoms with van der Waals surface area (Å²) < 4.78 is 14.6. The molecule has 8 rings (SSSR count). The molecular formula is C91H124FN17O19S. The molecule has 3 aliphatic heterocycles. The molecule has 3 aliphatic rings. The van der Waals surface area contributed by atoms with E-state index in [0.717, 1.165) is 33.7 Å². The number of carboxylic acid groups (broad SMARTS) is 1. The zero-order chi connectivity index (χ0) is 94.6. The van der Waals surface area contributed by atoms with Gasteiger partial charge in [0.15, 0.2) is 0 Å². The molecule has 129 heavy (non-hydrogen) atoms. The molecule has 1 aromatic heterocycles. The third-order valence-corrected chi connectivity index (χ3v) is 24.7. The molecule has 38 heteroatoms. The Labute approximate surface area is 753 Å². The zero-order valence-electron chi connectivity index (χ0n) is 74.7. The van der Waals surface area contributed by atoms with Crippen molar-refractivity contribution in [2.75, 3.05) is 52.3 Å². The second kappa shape index (κ2) is 48.6. The molecule has 16 N–H and O–H groups in total. The Bertz CT molecular complexity index is 4810. The summed E-state index contributed by atoms with van der Waals surface area (Å²) in [6.07, 6.45) is 0.656. The van der Waals surface area contributed by atoms with Gasteiger partial charge in [-0.2, -0.15) is 0 Å². The number of para-hydroxylation sites is 1. The fraction of sp³-hybridized carbons (Fsp3) is 0.527. The summed E-state index contributed by atoms with van der Waals surface area (Å²) in [7, 11) is 3.99. The number of unbranched alkanes of at least 4 members (excludes halogenated alkanes) is 1. The number of aromatic amines is 1. The standard InChI is InChI=1S/C91H124FN17O19S/c1-11-13-26-71-90(127)109-40-21-28-70(109)85(122)102-66(46-76(114)115)83(120)104-77(52(5)6)91(128)107(10)78(53(7)12-2)86(123)98-62(37-38-73(93)111)88(125)108-39-20-19-27-69(108)84(121)101-65(45-57-47-95-61-25-18-17-24-60(57)61)82(119)100-64(42-56-31-35-59(110)36-32-56)81(118)99-63(41-51(3)4)80(117)103-68(79(116)96-48-74(94)112)49-129-50-75(113)97-67(43-55-29-33-58(92)34-30-55)87(124)106(9)72(89(126)105(71)8)44-54-22-15-14-16-23-54/h14-18,22-25,29-36,47,51-53,62-72,77-78,95,110H,11-13,19-21,26-28,37-46,48-50H2,1-10H3,(H2,93,111)(H2,94,112)(H,96,116)(H,97,113)(H,98,123)(H,99,118)(H,100,119)(H,101,121)(H,102,122)(H,103,117)(H,104,120)(H,114,115)/t53?,62-,63-,64-,65+,66-,67-,68-,69+,70+,71-,72-,77-,78-/m0/s1. The predicted molar refractivity (Wildman–Crippen MR) is 477 cm³/mol. The molecule has 0 bridgehead atoms. The number of benzene rings is 4. The number of nitrogens with one attached hydrogen (secondary N) is 10. The van der Waals surface area contributed by atoms with E-state index in [-0.39, 0.29) is 89.0 Å². The number of nitrogens with zero attached hydrogens (tertiary/aromatic N) is 5. The van der Waals surface area contributed by atoms with Gasteiger partial charge in [-0.3, -0.25) is 81.5 Å². The number of carbonyl (C=O) groups excluding carboxylic acids is 16. The molecule has 0 saturated carbocycles. The molecule has 36 nitrogen and oxygen atoms in total. The molecule has 4 heterocycles. The van der Waals surface area contributed by atoms with E-state index in [0.29, 0.717) is 58.8 Å². The maximum absolute atomic E-state index is 15.7. The summed E-state index contributed by atoms with van der Waals surface area (Å²) in [4.78, 5) is 259. The van der Waals surface area contributed by atoms with Crippen molar-refractivity contribution >= 4 is 123 Å². The molecule has 4 aromatic carbocycles. The molecule has 0 spiro atoms. The Morgan fingerprint density at radius 2 is 1.09 bits per heavy atom. The summed E-state index contributed by atoms with van der Waals surface area (Å²) in [5.74, 6) is -19.6. The molecule has 3 fully saturated rings. The van der Waals surface area contributed by atoms with E-state index in [1.54, 1.807) is 102 Å². The number of hydrogen-bond donors (Lipinski definition) is 14. The van der Waals surface area contributed by atoms with Gasteiger partial charge in [-0.05, 0) is 122 Å². The number of carbonyl (C=O) groups is 17. The van der Waals surface area contributed by atoms with Gasteiger partial charge in [0.05, 0.1) is 18.7 Å². The highest BCUT2D eigenvalue weighted by molar-refractivity contribution is 8.00. The number of hydrogen-bond acceptors (Lipinski definition) is 19. The second-order valence-corrected chi connectivity index (χ2v) is 35.2. The molecule has 1 unspecified atom stereocenters. The normalized spacial score (nSPS) is 24.3. The van der Waals surface area contributed by atoms with E-state index in [1.807, 2.05) is 6.92 Å². The number of nitrogens with two attached hydrogens (primary N) is 2. The minimum Gasteiger partial charge on any atom is -0.508 e. The first-order valence-electron chi connectivity index (χ1n) is 43.9. The molecule has 700 valence electrons. The zero-order valence-corrected chi connectivity index (χ0v) is 75.5. The van der Waals surface area contributed by atoms with Crippen LogP contribution in [-0.2, 0) is 107 Å². The van der Waals surface area contributed by atoms with E-state index >= 15 is 47.9 Å². The maximum atomic E-state index is 15.7. The van der Waals surface area contributed by atoms with Crippen molar-refractivity contribution in [3.8, 4) is 5.75 Å². The van der Waals surface area contributed by atoms with Gasteiger partial charge in [-0.25, -0.2) is 4.39 Å². The number of primary amides is 2. The van der Waals surface area contributed by atoms with Crippen LogP contribution in [0.1, 0.15) is 154 Å². The van der Waals surface area contributed by atoms with Crippen LogP contribution in [0.4, 0.5) is 4.39 Å². The summed E-state index contributed by atoms with van der Waals surface area (Å²) in [5.41, 5.74) is 13.7. The number of phenols is 1. The topological polar surface area (TPSA) is 523 Å². The molecule has 5 aromatic rings. The lowest BCUT2D eigenvalue weighted by Crippen LogP contribution is -2.63. The van der Waals surface area contributed by atoms with Gasteiger partial charge in [0.1, 0.15) is 90.1 Å². The molecule has 14 atom stereocenters. The molecular weight excluding hydrogens is 1690 g/mol. The lowest BCUT2D eigenvalue weighted by molar-refractivity contribution is -0.152. The number of amides is 16. The number of phenolic OH excluding ortho intramolecular Hbond substituents is 1. The van der Waals surface area contributed by atoms with Crippen LogP contribution in [0.15, 0.2) is 109 Å². The van der Waals surface area contributed by atoms with Gasteiger partial charge in [0, 0.05) is 89.2 Å². The number of aromatic nitrogens is 1. The highest BCUT2D eigenvalue weighted by atomic mass is 32.2. The monoisotopic (exact) mass is 1810 g/mol. The number of aliphatic carboxylic acids is 1. The van der Waals surface area contributed by atoms with Crippen molar-refractivity contribution in [3.63, 3.8) is 0 Å². The summed E-state index contributed by atoms with van der Waals surface area (Å²) in [6, 6.07) is 6.54. The van der Waals surface area contributed by atoms with E-state index < -0.39 is 234 Å². The fourth-order valence-electron chi connectivity index (χ4n) is 16.3. The van der Waals surface area contributed by atoms with Crippen LogP contribution in [0.25, 0.3) is 10.9 Å². The fourth-order valence-corrected chi connectivity index (χ4v) is 17.2. The van der Waals surface area contributed by atoms with Gasteiger partial charge in [0.25, 0.3) is 0 Å². The Morgan fingerprint density at radius 3 is 1.71 bits per heavy atom. The smallest absolute Gasteiger partial charge is 0.305 e. The minimum absolute atomic E-state index is 0.00475. The van der Waals surface area contributed by atoms with Crippen molar-refractivity contribution in [1.82, 2.24) is 77.3 Å². The number of H-pyrrole nitrogens is 1. The van der Waals surface area contributed by atoms with Crippen molar-refractivity contribution in [3.05, 3.63) is 137 Å². The van der Waals surface area contributed by atoms with Gasteiger partial charge in [-0.15, -0.1) is 11.8 Å². The first kappa shape index (κ1) is 102. The molecule has 0 radical (unpaired) electrons. The minimum atomic E-state index is -1.90. The third-order valence-electron chi connectivity index (χ3n) is 23.6. The summed E-state index contributed by atoms with van der Waals surface area (Å²) >= 11 is 0.789. The first-order valence-corrected chi connectivity index (χ1v) is 45.0. The van der Waals surface area contributed by atoms with Crippen LogP contribution >= 0.6 is 11.8 Å². The highest BCUT2D eigenvalue weighted by Gasteiger charge is 2.46. The van der Waals surface area contributed by atoms with Gasteiger partial charge in [0.2, 0.25) is 94.5 Å². The Balaban J connectivity index is 1.22. The second-order valence-electron chi connectivity index (χ2n) is 34.2. The van der Waals surface area contributed by atoms with Crippen LogP contribution in [-0.4, -0.2) is 271 Å². The Morgan fingerprint density at radius 1 is 0.535 bits per heavy atom. The SMILES string of the molecule is CCCC[C@H]1C(=O)N2CCC[C@@H]2C(=O)N[C@@H](CC(=O)O)C(=O)N[C@@H](C(C)C)C(=O)N(C)[C@@H](C(C)CC)C(=O)N[C@@H](CCC(N)=O)C(=O)N2CCCC[C@@H]2C(=O)N[C@H](Cc2c[nH]c3ccccc23)C(=O)N[C@@H](Cc2ccc(O)cc2)C(=O)N[C@@H](CC(C)C)C(=O)N[C@H](C(=O)NCC(N)=O)CSCC(=O)N[C@@H](Cc2ccc(F)cc2)C(=O)N(C)[C@@H](Cc2ccccc2)C(=O)N1C. The molecule has 16 amide bonds. The van der Waals surface area contributed by atoms with Crippen LogP contribution in [0.2, 0.25) is 0 Å². The highest BCUT2D eigenvalue weighted by Crippen LogP contribution is 2.29. The van der Waals surface area contributed by atoms with E-state index in [2.05, 4.69) is 52.8 Å². The Hall–Kier alpha value is -12.5. The maximum Gasteiger partial charge on any atom is 0.305 e. The quantitative estimate of drug-likeness (QED) is 0.0420. The average molecular weight is 1810 g/mol. The number of aromatic hydroxyl groups is 1. The Kier molecular flexibility index (Phi) is 38.4. The van der Waals surface area contributed by atoms with Gasteiger partial charge < -0.3 is 99.0 Å². The average Bonchev–Trinajstić information content (AvgIpc) is 1.79. The van der Waals surface area contributed by atoms with Crippen molar-refractivity contribution in [2.45, 2.75) is 236 Å². The van der Waals surface area contributed by atoms with E-state index in [4.69, 9.17) is 11.5 Å². The number of likely N-dealkylation sites (N-methyl/N-ethyl adjacent to an activating group) is 3. The molecule has 3 saturated heterocycles. The van der Waals surface area contributed by atoms with Crippen LogP contribution in [0.3, 0.4) is 0 Å². The largest absolute Gasteiger partial charge is 0.508 e. The number of carboxylic acids is 1. The van der Waals surface area contributed by atoms with Crippen molar-refractivity contribution < 1.29 is 96.1 Å². The predicted octanol–water partition coefficient (Wildman–Crippen LogP) is 2.04. The third kappa shape index (κ3) is 29.0. The van der Waals surface area contributed by atoms with Crippen LogP contribution < -0.4 is 59.3 Å². The van der Waals surface area contributed by atoms with E-state index in [9.17, 15) is 48.2 Å². The first-order chi connectivity index (χ1) is 61.3. The van der Waals surface area contributed by atoms with Gasteiger partial charge in [-0.1, -0.05) is 141 Å². The van der Waals surface area contributed by atoms with Crippen LogP contribution in [0.5, 0.6) is 5.75 Å². The van der Waals surface area contributed by atoms with Crippen molar-refractivity contribution in [1.29, 1.82) is 0 Å². The summed E-state index contributed by atoms with van der Waals surface area (Å²) in [5, 5.41) is 45.4. The van der Waals surface area contributed by atoms with Crippen LogP contribution in [0, 0.1) is 23.6 Å². The molecule has 0 aliphatic carbocycles. The lowest BCUT2D eigenvalue weighted by Gasteiger charge is -2.39. The van der Waals surface area contributed by atoms with E-state index in [1.165, 1.54) is 72.2 Å². The van der Waals surface area contributed by atoms with Crippen molar-refractivity contribution in [2.24, 2.45) is 29.2 Å². The number of halogens is 1. The lowest BCUT2D eigenvalue weighted by atomic mass is 9.93. The number of rotatable bonds is 24. The van der Waals surface area contributed by atoms with Gasteiger partial charge >= 0.3 is 5.97 Å². The number of thioether (sulfide) groups is 1. The summed E-state index contributed by atoms with van der Waals surface area (Å²) in [6.45, 7) is 11.0. The number of piperidine rings is 1. The number of fused-ring (bicyclic) bond motifs is 3.